The maximum atomic E-state index is 5.60. The lowest BCUT2D eigenvalue weighted by Gasteiger charge is -2.39. The van der Waals surface area contributed by atoms with Crippen LogP contribution >= 0.6 is 0 Å². The Bertz CT molecular complexity index is 172. The summed E-state index contributed by atoms with van der Waals surface area (Å²) in [5.74, 6) is 0.885. The summed E-state index contributed by atoms with van der Waals surface area (Å²) in [5, 5.41) is 0. The van der Waals surface area contributed by atoms with E-state index in [1.807, 2.05) is 0 Å². The van der Waals surface area contributed by atoms with Gasteiger partial charge in [-0.25, -0.2) is 0 Å². The van der Waals surface area contributed by atoms with Crippen LogP contribution in [0, 0.1) is 5.92 Å². The van der Waals surface area contributed by atoms with Gasteiger partial charge in [-0.2, -0.15) is 0 Å². The van der Waals surface area contributed by atoms with Gasteiger partial charge in [0.05, 0.1) is 6.61 Å². The van der Waals surface area contributed by atoms with Crippen LogP contribution in [0.3, 0.4) is 0 Å². The molecule has 1 atom stereocenters. The van der Waals surface area contributed by atoms with E-state index in [9.17, 15) is 0 Å². The average molecular weight is 212 g/mol. The van der Waals surface area contributed by atoms with E-state index < -0.39 is 0 Å². The molecule has 0 aromatic heterocycles. The zero-order valence-corrected chi connectivity index (χ0v) is 9.66. The van der Waals surface area contributed by atoms with Crippen LogP contribution in [0.5, 0.6) is 0 Å². The molecule has 0 aromatic rings. The van der Waals surface area contributed by atoms with Crippen molar-refractivity contribution < 1.29 is 4.74 Å². The summed E-state index contributed by atoms with van der Waals surface area (Å²) in [6.45, 7) is 5.32. The summed E-state index contributed by atoms with van der Waals surface area (Å²) in [6.07, 6.45) is 6.48. The van der Waals surface area contributed by atoms with Crippen molar-refractivity contribution in [1.82, 2.24) is 4.90 Å². The van der Waals surface area contributed by atoms with Crippen LogP contribution in [0.4, 0.5) is 0 Å². The second kappa shape index (κ2) is 5.83. The molecule has 3 nitrogen and oxygen atoms in total. The van der Waals surface area contributed by atoms with Gasteiger partial charge >= 0.3 is 0 Å². The summed E-state index contributed by atoms with van der Waals surface area (Å²) in [4.78, 5) is 2.63. The SMILES string of the molecule is NCCC1CCN(C2CCCOC2)CC1. The van der Waals surface area contributed by atoms with Crippen molar-refractivity contribution in [2.75, 3.05) is 32.8 Å². The molecule has 0 saturated carbocycles. The van der Waals surface area contributed by atoms with Gasteiger partial charge in [-0.1, -0.05) is 0 Å². The highest BCUT2D eigenvalue weighted by molar-refractivity contribution is 4.80. The Morgan fingerprint density at radius 1 is 1.20 bits per heavy atom. The third-order valence-electron chi connectivity index (χ3n) is 3.88. The molecule has 0 amide bonds. The van der Waals surface area contributed by atoms with Gasteiger partial charge < -0.3 is 10.5 Å². The molecular formula is C12H24N2O. The van der Waals surface area contributed by atoms with E-state index in [-0.39, 0.29) is 0 Å². The molecule has 0 bridgehead atoms. The van der Waals surface area contributed by atoms with E-state index >= 15 is 0 Å². The summed E-state index contributed by atoms with van der Waals surface area (Å²) in [5.41, 5.74) is 5.60. The van der Waals surface area contributed by atoms with Crippen LogP contribution in [0.15, 0.2) is 0 Å². The van der Waals surface area contributed by atoms with Crippen molar-refractivity contribution in [2.45, 2.75) is 38.1 Å². The van der Waals surface area contributed by atoms with E-state index in [1.165, 1.54) is 45.2 Å². The third kappa shape index (κ3) is 3.16. The van der Waals surface area contributed by atoms with E-state index in [2.05, 4.69) is 4.90 Å². The van der Waals surface area contributed by atoms with E-state index in [0.29, 0.717) is 6.04 Å². The molecule has 2 N–H and O–H groups in total. The zero-order valence-electron chi connectivity index (χ0n) is 9.66. The fourth-order valence-corrected chi connectivity index (χ4v) is 2.85. The summed E-state index contributed by atoms with van der Waals surface area (Å²) < 4.78 is 5.55. The number of ether oxygens (including phenoxy) is 1. The molecule has 2 aliphatic rings. The molecule has 2 rings (SSSR count). The number of hydrogen-bond acceptors (Lipinski definition) is 3. The van der Waals surface area contributed by atoms with Gasteiger partial charge in [0.15, 0.2) is 0 Å². The van der Waals surface area contributed by atoms with Crippen molar-refractivity contribution in [3.63, 3.8) is 0 Å². The average Bonchev–Trinajstić information content (AvgIpc) is 2.32. The van der Waals surface area contributed by atoms with Gasteiger partial charge in [0.2, 0.25) is 0 Å². The molecule has 0 aromatic carbocycles. The molecule has 2 heterocycles. The van der Waals surface area contributed by atoms with Gasteiger partial charge in [0.1, 0.15) is 0 Å². The first kappa shape index (κ1) is 11.4. The van der Waals surface area contributed by atoms with Crippen molar-refractivity contribution >= 4 is 0 Å². The minimum atomic E-state index is 0.706. The first-order valence-corrected chi connectivity index (χ1v) is 6.42. The number of hydrogen-bond donors (Lipinski definition) is 1. The fourth-order valence-electron chi connectivity index (χ4n) is 2.85. The van der Waals surface area contributed by atoms with Crippen molar-refractivity contribution in [3.05, 3.63) is 0 Å². The van der Waals surface area contributed by atoms with Gasteiger partial charge in [-0.3, -0.25) is 4.90 Å². The second-order valence-corrected chi connectivity index (χ2v) is 4.93. The molecule has 88 valence electrons. The van der Waals surface area contributed by atoms with Crippen molar-refractivity contribution in [1.29, 1.82) is 0 Å². The maximum absolute atomic E-state index is 5.60. The van der Waals surface area contributed by atoms with E-state index in [1.54, 1.807) is 0 Å². The first-order chi connectivity index (χ1) is 7.40. The molecule has 3 heteroatoms. The lowest BCUT2D eigenvalue weighted by molar-refractivity contribution is 0.00459. The maximum Gasteiger partial charge on any atom is 0.0621 e. The monoisotopic (exact) mass is 212 g/mol. The number of rotatable bonds is 3. The molecule has 15 heavy (non-hydrogen) atoms. The lowest BCUT2D eigenvalue weighted by Crippen LogP contribution is -2.45. The molecule has 2 aliphatic heterocycles. The normalized spacial score (nSPS) is 30.6. The predicted octanol–water partition coefficient (Wildman–Crippen LogP) is 1.23. The highest BCUT2D eigenvalue weighted by Gasteiger charge is 2.25. The predicted molar refractivity (Wildman–Crippen MR) is 61.8 cm³/mol. The summed E-state index contributed by atoms with van der Waals surface area (Å²) in [6, 6.07) is 0.706. The smallest absolute Gasteiger partial charge is 0.0621 e. The van der Waals surface area contributed by atoms with Gasteiger partial charge in [0.25, 0.3) is 0 Å². The van der Waals surface area contributed by atoms with Crippen LogP contribution in [0.1, 0.15) is 32.1 Å². The minimum Gasteiger partial charge on any atom is -0.380 e. The highest BCUT2D eigenvalue weighted by atomic mass is 16.5. The molecular weight excluding hydrogens is 188 g/mol. The Morgan fingerprint density at radius 3 is 2.60 bits per heavy atom. The molecule has 1 unspecified atom stereocenters. The summed E-state index contributed by atoms with van der Waals surface area (Å²) in [7, 11) is 0. The van der Waals surface area contributed by atoms with E-state index in [0.717, 1.165) is 25.7 Å². The van der Waals surface area contributed by atoms with Gasteiger partial charge in [-0.15, -0.1) is 0 Å². The zero-order chi connectivity index (χ0) is 10.5. The number of nitrogens with two attached hydrogens (primary N) is 1. The molecule has 0 spiro atoms. The number of piperidine rings is 1. The Kier molecular flexibility index (Phi) is 4.42. The first-order valence-electron chi connectivity index (χ1n) is 6.42. The third-order valence-corrected chi connectivity index (χ3v) is 3.88. The van der Waals surface area contributed by atoms with Crippen molar-refractivity contribution in [3.8, 4) is 0 Å². The minimum absolute atomic E-state index is 0.706. The van der Waals surface area contributed by atoms with E-state index in [4.69, 9.17) is 10.5 Å². The fraction of sp³-hybridized carbons (Fsp3) is 1.00. The summed E-state index contributed by atoms with van der Waals surface area (Å²) >= 11 is 0. The number of nitrogens with zero attached hydrogens (tertiary/aromatic N) is 1. The van der Waals surface area contributed by atoms with Crippen LogP contribution in [0.2, 0.25) is 0 Å². The number of likely N-dealkylation sites (tertiary alicyclic amines) is 1. The molecule has 2 saturated heterocycles. The Hall–Kier alpha value is -0.120. The van der Waals surface area contributed by atoms with Crippen LogP contribution in [0.25, 0.3) is 0 Å². The molecule has 2 fully saturated rings. The second-order valence-electron chi connectivity index (χ2n) is 4.93. The standard InChI is InChI=1S/C12H24N2O/c13-6-3-11-4-7-14(8-5-11)12-2-1-9-15-10-12/h11-12H,1-10,13H2. The molecule has 0 aliphatic carbocycles. The van der Waals surface area contributed by atoms with Gasteiger partial charge in [-0.05, 0) is 57.7 Å². The Balaban J connectivity index is 1.72. The Labute approximate surface area is 93.0 Å². The topological polar surface area (TPSA) is 38.5 Å². The molecule has 0 radical (unpaired) electrons. The van der Waals surface area contributed by atoms with Crippen LogP contribution < -0.4 is 5.73 Å². The quantitative estimate of drug-likeness (QED) is 0.764. The van der Waals surface area contributed by atoms with Gasteiger partial charge in [0, 0.05) is 12.6 Å². The lowest BCUT2D eigenvalue weighted by atomic mass is 9.92. The Morgan fingerprint density at radius 2 is 2.00 bits per heavy atom. The van der Waals surface area contributed by atoms with Crippen LogP contribution in [-0.4, -0.2) is 43.8 Å². The highest BCUT2D eigenvalue weighted by Crippen LogP contribution is 2.23. The largest absolute Gasteiger partial charge is 0.380 e. The van der Waals surface area contributed by atoms with Crippen molar-refractivity contribution in [2.24, 2.45) is 11.7 Å². The van der Waals surface area contributed by atoms with Crippen LogP contribution in [-0.2, 0) is 4.74 Å².